The lowest BCUT2D eigenvalue weighted by Crippen LogP contribution is -2.31. The van der Waals surface area contributed by atoms with Crippen molar-refractivity contribution in [2.24, 2.45) is 5.92 Å². The molecular weight excluding hydrogens is 527 g/mol. The number of H-pyrrole nitrogens is 1. The summed E-state index contributed by atoms with van der Waals surface area (Å²) in [7, 11) is 0. The Bertz CT molecular complexity index is 1730. The highest BCUT2D eigenvalue weighted by Crippen LogP contribution is 2.39. The van der Waals surface area contributed by atoms with Gasteiger partial charge in [-0.1, -0.05) is 32.0 Å². The van der Waals surface area contributed by atoms with Gasteiger partial charge in [-0.3, -0.25) is 0 Å². The zero-order valence-corrected chi connectivity index (χ0v) is 23.5. The summed E-state index contributed by atoms with van der Waals surface area (Å²) in [6.07, 6.45) is -0.952. The van der Waals surface area contributed by atoms with Gasteiger partial charge in [0.05, 0.1) is 23.6 Å². The van der Waals surface area contributed by atoms with E-state index in [1.165, 1.54) is 6.07 Å². The molecule has 3 aromatic heterocycles. The summed E-state index contributed by atoms with van der Waals surface area (Å²) in [5.74, 6) is 1.68. The largest absolute Gasteiger partial charge is 0.491 e. The number of benzene rings is 2. The van der Waals surface area contributed by atoms with Crippen LogP contribution >= 0.6 is 0 Å². The number of nitrogens with one attached hydrogen (secondary N) is 1. The predicted molar refractivity (Wildman–Crippen MR) is 155 cm³/mol. The van der Waals surface area contributed by atoms with Crippen LogP contribution in [0.2, 0.25) is 0 Å². The molecule has 0 aliphatic carbocycles. The molecule has 0 saturated carbocycles. The Morgan fingerprint density at radius 2 is 1.88 bits per heavy atom. The normalized spacial score (nSPS) is 13.7. The molecule has 0 bridgehead atoms. The van der Waals surface area contributed by atoms with Gasteiger partial charge in [0.15, 0.2) is 0 Å². The minimum Gasteiger partial charge on any atom is -0.491 e. The summed E-state index contributed by atoms with van der Waals surface area (Å²) in [6, 6.07) is 15.5. The predicted octanol–water partition coefficient (Wildman–Crippen LogP) is 7.65. The highest BCUT2D eigenvalue weighted by atomic mass is 19.4. The standard InChI is InChI=1S/C32H32F3N5O/c1-19(2)18-41-28-7-5-6-20(3)29(28)40-30(23-8-9-26-22(15-23)10-12-36-26)25-17-39(13-11-27(25)38-40)31-21(4)14-24(16-37-31)32(33,34)35/h5-10,12,14-16,19,36H,11,13,17-18H2,1-4H3. The van der Waals surface area contributed by atoms with Gasteiger partial charge in [-0.2, -0.15) is 18.3 Å². The third kappa shape index (κ3) is 5.05. The van der Waals surface area contributed by atoms with E-state index in [2.05, 4.69) is 59.9 Å². The number of aryl methyl sites for hydroxylation is 2. The summed E-state index contributed by atoms with van der Waals surface area (Å²) in [5.41, 5.74) is 6.67. The average molecular weight is 560 g/mol. The van der Waals surface area contributed by atoms with Crippen LogP contribution in [0.25, 0.3) is 27.8 Å². The minimum atomic E-state index is -4.43. The molecule has 212 valence electrons. The van der Waals surface area contributed by atoms with Crippen LogP contribution in [-0.2, 0) is 19.1 Å². The van der Waals surface area contributed by atoms with Crippen molar-refractivity contribution in [3.63, 3.8) is 0 Å². The van der Waals surface area contributed by atoms with Gasteiger partial charge < -0.3 is 14.6 Å². The first kappa shape index (κ1) is 26.9. The fourth-order valence-corrected chi connectivity index (χ4v) is 5.54. The van der Waals surface area contributed by atoms with Crippen molar-refractivity contribution in [1.82, 2.24) is 19.7 Å². The van der Waals surface area contributed by atoms with Gasteiger partial charge in [-0.15, -0.1) is 0 Å². The molecule has 2 aromatic carbocycles. The maximum absolute atomic E-state index is 13.3. The fraction of sp³-hybridized carbons (Fsp3) is 0.312. The van der Waals surface area contributed by atoms with Crippen LogP contribution in [0.15, 0.2) is 60.9 Å². The van der Waals surface area contributed by atoms with Gasteiger partial charge in [-0.05, 0) is 61.2 Å². The van der Waals surface area contributed by atoms with Crippen molar-refractivity contribution >= 4 is 16.7 Å². The second-order valence-electron chi connectivity index (χ2n) is 11.1. The Morgan fingerprint density at radius 1 is 1.05 bits per heavy atom. The second-order valence-corrected chi connectivity index (χ2v) is 11.1. The first-order valence-electron chi connectivity index (χ1n) is 13.8. The van der Waals surface area contributed by atoms with Crippen molar-refractivity contribution in [2.75, 3.05) is 18.1 Å². The van der Waals surface area contributed by atoms with E-state index >= 15 is 0 Å². The number of hydrogen-bond acceptors (Lipinski definition) is 4. The maximum Gasteiger partial charge on any atom is 0.417 e. The van der Waals surface area contributed by atoms with Crippen LogP contribution in [0.5, 0.6) is 5.75 Å². The van der Waals surface area contributed by atoms with Crippen LogP contribution in [0.3, 0.4) is 0 Å². The number of pyridine rings is 1. The number of halogens is 3. The molecule has 0 saturated heterocycles. The fourth-order valence-electron chi connectivity index (χ4n) is 5.54. The summed E-state index contributed by atoms with van der Waals surface area (Å²) >= 11 is 0. The first-order valence-corrected chi connectivity index (χ1v) is 13.8. The van der Waals surface area contributed by atoms with Gasteiger partial charge in [-0.25, -0.2) is 9.67 Å². The minimum absolute atomic E-state index is 0.359. The molecule has 41 heavy (non-hydrogen) atoms. The SMILES string of the molecule is Cc1cc(C(F)(F)F)cnc1N1CCc2nn(-c3c(C)cccc3OCC(C)C)c(-c3ccc4[nH]ccc4c3)c2C1. The lowest BCUT2D eigenvalue weighted by Gasteiger charge is -2.29. The van der Waals surface area contributed by atoms with Gasteiger partial charge in [0, 0.05) is 53.9 Å². The molecule has 0 fully saturated rings. The summed E-state index contributed by atoms with van der Waals surface area (Å²) in [4.78, 5) is 9.58. The number of nitrogens with zero attached hydrogens (tertiary/aromatic N) is 4. The van der Waals surface area contributed by atoms with E-state index in [-0.39, 0.29) is 0 Å². The monoisotopic (exact) mass is 559 g/mol. The molecule has 5 aromatic rings. The Hall–Kier alpha value is -4.27. The van der Waals surface area contributed by atoms with Crippen molar-refractivity contribution in [3.05, 3.63) is 88.9 Å². The zero-order valence-electron chi connectivity index (χ0n) is 23.5. The third-order valence-corrected chi connectivity index (χ3v) is 7.52. The molecule has 6 rings (SSSR count). The number of aromatic nitrogens is 4. The summed E-state index contributed by atoms with van der Waals surface area (Å²) in [5, 5.41) is 6.23. The molecule has 0 amide bonds. The van der Waals surface area contributed by atoms with E-state index < -0.39 is 11.7 Å². The molecule has 0 unspecified atom stereocenters. The number of fused-ring (bicyclic) bond motifs is 2. The van der Waals surface area contributed by atoms with E-state index in [1.807, 2.05) is 29.1 Å². The first-order chi connectivity index (χ1) is 19.6. The van der Waals surface area contributed by atoms with Crippen LogP contribution < -0.4 is 9.64 Å². The average Bonchev–Trinajstić information content (AvgIpc) is 3.55. The third-order valence-electron chi connectivity index (χ3n) is 7.52. The number of ether oxygens (including phenoxy) is 1. The maximum atomic E-state index is 13.3. The molecule has 9 heteroatoms. The van der Waals surface area contributed by atoms with Crippen LogP contribution in [0, 0.1) is 19.8 Å². The molecule has 0 radical (unpaired) electrons. The smallest absolute Gasteiger partial charge is 0.417 e. The lowest BCUT2D eigenvalue weighted by atomic mass is 9.99. The van der Waals surface area contributed by atoms with E-state index in [0.29, 0.717) is 43.4 Å². The van der Waals surface area contributed by atoms with Crippen molar-refractivity contribution in [1.29, 1.82) is 0 Å². The van der Waals surface area contributed by atoms with Gasteiger partial charge in [0.1, 0.15) is 17.3 Å². The van der Waals surface area contributed by atoms with Gasteiger partial charge in [0.25, 0.3) is 0 Å². The topological polar surface area (TPSA) is 59.0 Å². The lowest BCUT2D eigenvalue weighted by molar-refractivity contribution is -0.137. The van der Waals surface area contributed by atoms with Crippen LogP contribution in [0.1, 0.15) is 41.8 Å². The highest BCUT2D eigenvalue weighted by molar-refractivity contribution is 5.85. The number of aromatic amines is 1. The number of alkyl halides is 3. The molecular formula is C32H32F3N5O. The summed E-state index contributed by atoms with van der Waals surface area (Å²) < 4.78 is 48.2. The van der Waals surface area contributed by atoms with Crippen LogP contribution in [-0.4, -0.2) is 32.9 Å². The number of rotatable bonds is 6. The Morgan fingerprint density at radius 3 is 2.63 bits per heavy atom. The number of para-hydroxylation sites is 1. The Balaban J connectivity index is 1.50. The second kappa shape index (κ2) is 10.3. The molecule has 6 nitrogen and oxygen atoms in total. The molecule has 0 spiro atoms. The molecule has 0 atom stereocenters. The zero-order chi connectivity index (χ0) is 28.9. The van der Waals surface area contributed by atoms with Gasteiger partial charge >= 0.3 is 6.18 Å². The molecule has 1 aliphatic rings. The van der Waals surface area contributed by atoms with Crippen molar-refractivity contribution < 1.29 is 17.9 Å². The van der Waals surface area contributed by atoms with E-state index in [4.69, 9.17) is 9.84 Å². The highest BCUT2D eigenvalue weighted by Gasteiger charge is 2.33. The molecule has 4 heterocycles. The quantitative estimate of drug-likeness (QED) is 0.232. The Labute approximate surface area is 236 Å². The molecule has 1 aliphatic heterocycles. The van der Waals surface area contributed by atoms with Crippen LogP contribution in [0.4, 0.5) is 19.0 Å². The van der Waals surface area contributed by atoms with Gasteiger partial charge in [0.2, 0.25) is 0 Å². The van der Waals surface area contributed by atoms with E-state index in [1.54, 1.807) is 6.92 Å². The number of anilines is 1. The number of hydrogen-bond donors (Lipinski definition) is 1. The van der Waals surface area contributed by atoms with E-state index in [0.717, 1.165) is 56.6 Å². The summed E-state index contributed by atoms with van der Waals surface area (Å²) in [6.45, 7) is 9.63. The van der Waals surface area contributed by atoms with Crippen molar-refractivity contribution in [2.45, 2.75) is 46.8 Å². The Kier molecular flexibility index (Phi) is 6.76. The van der Waals surface area contributed by atoms with E-state index in [9.17, 15) is 13.2 Å². The van der Waals surface area contributed by atoms with Crippen molar-refractivity contribution in [3.8, 4) is 22.7 Å². The molecule has 1 N–H and O–H groups in total.